The Labute approximate surface area is 167 Å². The first-order valence-corrected chi connectivity index (χ1v) is 8.52. The molecule has 1 aliphatic heterocycles. The van der Waals surface area contributed by atoms with Gasteiger partial charge in [0, 0.05) is 50.2 Å². The second-order valence-electron chi connectivity index (χ2n) is 5.93. The Bertz CT molecular complexity index is 494. The van der Waals surface area contributed by atoms with Crippen LogP contribution in [0, 0.1) is 5.92 Å². The van der Waals surface area contributed by atoms with Crippen LogP contribution in [0.2, 0.25) is 5.02 Å². The highest BCUT2D eigenvalue weighted by molar-refractivity contribution is 6.30. The van der Waals surface area contributed by atoms with Crippen LogP contribution in [0.15, 0.2) is 24.3 Å². The number of hydrogen-bond acceptors (Lipinski definition) is 4. The normalized spacial score (nSPS) is 15.7. The molecule has 25 heavy (non-hydrogen) atoms. The molecule has 1 fully saturated rings. The van der Waals surface area contributed by atoms with Crippen molar-refractivity contribution < 1.29 is 9.53 Å². The van der Waals surface area contributed by atoms with Gasteiger partial charge in [-0.2, -0.15) is 0 Å². The highest BCUT2D eigenvalue weighted by Crippen LogP contribution is 2.15. The van der Waals surface area contributed by atoms with Gasteiger partial charge in [-0.1, -0.05) is 18.5 Å². The maximum atomic E-state index is 12.3. The van der Waals surface area contributed by atoms with Crippen molar-refractivity contribution in [2.75, 3.05) is 52.9 Å². The zero-order chi connectivity index (χ0) is 16.7. The molecule has 1 amide bonds. The summed E-state index contributed by atoms with van der Waals surface area (Å²) in [6.45, 7) is 7.63. The van der Waals surface area contributed by atoms with E-state index in [1.54, 1.807) is 0 Å². The Morgan fingerprint density at radius 2 is 1.80 bits per heavy atom. The van der Waals surface area contributed by atoms with Gasteiger partial charge in [0.05, 0.1) is 0 Å². The molecule has 1 unspecified atom stereocenters. The fourth-order valence-corrected chi connectivity index (χ4v) is 2.85. The van der Waals surface area contributed by atoms with Gasteiger partial charge < -0.3 is 15.0 Å². The standard InChI is InChI=1S/C17H26ClN3O2.2ClH/c1-14(13-19-2)17(22)21-9-7-20(8-10-21)11-12-23-16-5-3-15(18)4-6-16;;/h3-6,14,19H,7-13H2,1-2H3;2*1H. The first kappa shape index (κ1) is 24.3. The van der Waals surface area contributed by atoms with Gasteiger partial charge >= 0.3 is 0 Å². The second kappa shape index (κ2) is 12.6. The molecule has 1 N–H and O–H groups in total. The minimum atomic E-state index is 0. The number of rotatable bonds is 7. The lowest BCUT2D eigenvalue weighted by Crippen LogP contribution is -2.51. The number of hydrogen-bond donors (Lipinski definition) is 1. The maximum absolute atomic E-state index is 12.3. The minimum Gasteiger partial charge on any atom is -0.492 e. The highest BCUT2D eigenvalue weighted by atomic mass is 35.5. The van der Waals surface area contributed by atoms with Gasteiger partial charge in [-0.05, 0) is 31.3 Å². The average molecular weight is 413 g/mol. The highest BCUT2D eigenvalue weighted by Gasteiger charge is 2.24. The molecule has 0 bridgehead atoms. The van der Waals surface area contributed by atoms with Gasteiger partial charge in [0.15, 0.2) is 0 Å². The molecule has 2 rings (SSSR count). The number of benzene rings is 1. The molecule has 1 heterocycles. The number of halogens is 3. The number of nitrogens with one attached hydrogen (secondary N) is 1. The van der Waals surface area contributed by atoms with E-state index in [1.165, 1.54) is 0 Å². The summed E-state index contributed by atoms with van der Waals surface area (Å²) in [6, 6.07) is 7.41. The number of piperazine rings is 1. The zero-order valence-corrected chi connectivity index (χ0v) is 17.1. The molecule has 1 aliphatic rings. The van der Waals surface area contributed by atoms with Crippen molar-refractivity contribution in [1.29, 1.82) is 0 Å². The van der Waals surface area contributed by atoms with Crippen LogP contribution < -0.4 is 10.1 Å². The van der Waals surface area contributed by atoms with E-state index >= 15 is 0 Å². The molecular weight excluding hydrogens is 385 g/mol. The third-order valence-corrected chi connectivity index (χ3v) is 4.36. The van der Waals surface area contributed by atoms with E-state index in [0.29, 0.717) is 11.6 Å². The van der Waals surface area contributed by atoms with Crippen LogP contribution in [0.1, 0.15) is 6.92 Å². The van der Waals surface area contributed by atoms with E-state index in [-0.39, 0.29) is 36.6 Å². The fraction of sp³-hybridized carbons (Fsp3) is 0.588. The van der Waals surface area contributed by atoms with Crippen molar-refractivity contribution in [2.45, 2.75) is 6.92 Å². The van der Waals surface area contributed by atoms with Gasteiger partial charge in [0.1, 0.15) is 12.4 Å². The summed E-state index contributed by atoms with van der Waals surface area (Å²) in [5.41, 5.74) is 0. The zero-order valence-electron chi connectivity index (χ0n) is 14.7. The summed E-state index contributed by atoms with van der Waals surface area (Å²) in [7, 11) is 1.88. The molecule has 1 atom stereocenters. The van der Waals surface area contributed by atoms with Crippen LogP contribution >= 0.6 is 36.4 Å². The van der Waals surface area contributed by atoms with E-state index < -0.39 is 0 Å². The summed E-state index contributed by atoms with van der Waals surface area (Å²) in [5.74, 6) is 1.13. The molecule has 0 radical (unpaired) electrons. The summed E-state index contributed by atoms with van der Waals surface area (Å²) in [6.07, 6.45) is 0. The number of carbonyl (C=O) groups excluding carboxylic acids is 1. The quantitative estimate of drug-likeness (QED) is 0.747. The van der Waals surface area contributed by atoms with Gasteiger partial charge in [0.2, 0.25) is 5.91 Å². The largest absolute Gasteiger partial charge is 0.492 e. The number of amides is 1. The van der Waals surface area contributed by atoms with Crippen molar-refractivity contribution in [3.05, 3.63) is 29.3 Å². The van der Waals surface area contributed by atoms with Crippen LogP contribution in [0.5, 0.6) is 5.75 Å². The topological polar surface area (TPSA) is 44.8 Å². The summed E-state index contributed by atoms with van der Waals surface area (Å²) in [4.78, 5) is 16.6. The second-order valence-corrected chi connectivity index (χ2v) is 6.36. The Hall–Kier alpha value is -0.720. The van der Waals surface area contributed by atoms with Gasteiger partial charge in [0.25, 0.3) is 0 Å². The lowest BCUT2D eigenvalue weighted by Gasteiger charge is -2.35. The smallest absolute Gasteiger partial charge is 0.226 e. The van der Waals surface area contributed by atoms with Gasteiger partial charge in [-0.3, -0.25) is 9.69 Å². The van der Waals surface area contributed by atoms with Crippen LogP contribution in [0.4, 0.5) is 0 Å². The monoisotopic (exact) mass is 411 g/mol. The van der Waals surface area contributed by atoms with Crippen LogP contribution in [0.25, 0.3) is 0 Å². The lowest BCUT2D eigenvalue weighted by molar-refractivity contribution is -0.136. The molecule has 0 spiro atoms. The molecule has 0 saturated carbocycles. The van der Waals surface area contributed by atoms with Crippen molar-refractivity contribution in [3.63, 3.8) is 0 Å². The number of carbonyl (C=O) groups is 1. The van der Waals surface area contributed by atoms with E-state index in [2.05, 4.69) is 10.2 Å². The minimum absolute atomic E-state index is 0. The molecule has 0 aromatic heterocycles. The molecule has 5 nitrogen and oxygen atoms in total. The van der Waals surface area contributed by atoms with E-state index in [9.17, 15) is 4.79 Å². The third-order valence-electron chi connectivity index (χ3n) is 4.11. The average Bonchev–Trinajstić information content (AvgIpc) is 2.57. The van der Waals surface area contributed by atoms with Crippen molar-refractivity contribution >= 4 is 42.3 Å². The molecular formula is C17H28Cl3N3O2. The molecule has 8 heteroatoms. The van der Waals surface area contributed by atoms with Crippen molar-refractivity contribution in [1.82, 2.24) is 15.1 Å². The van der Waals surface area contributed by atoms with Gasteiger partial charge in [-0.25, -0.2) is 0 Å². The van der Waals surface area contributed by atoms with E-state index in [0.717, 1.165) is 45.0 Å². The molecule has 1 aromatic rings. The molecule has 1 aromatic carbocycles. The van der Waals surface area contributed by atoms with Crippen LogP contribution in [-0.2, 0) is 4.79 Å². The van der Waals surface area contributed by atoms with Crippen molar-refractivity contribution in [3.8, 4) is 5.75 Å². The van der Waals surface area contributed by atoms with Gasteiger partial charge in [-0.15, -0.1) is 24.8 Å². The first-order chi connectivity index (χ1) is 11.1. The summed E-state index contributed by atoms with van der Waals surface area (Å²) >= 11 is 5.85. The van der Waals surface area contributed by atoms with E-state index in [4.69, 9.17) is 16.3 Å². The SMILES string of the molecule is CNCC(C)C(=O)N1CCN(CCOc2ccc(Cl)cc2)CC1.Cl.Cl. The lowest BCUT2D eigenvalue weighted by atomic mass is 10.1. The van der Waals surface area contributed by atoms with Crippen molar-refractivity contribution in [2.24, 2.45) is 5.92 Å². The predicted octanol–water partition coefficient (Wildman–Crippen LogP) is 2.56. The Balaban J connectivity index is 0.00000288. The maximum Gasteiger partial charge on any atom is 0.226 e. The summed E-state index contributed by atoms with van der Waals surface area (Å²) in [5, 5.41) is 3.77. The van der Waals surface area contributed by atoms with Crippen LogP contribution in [0.3, 0.4) is 0 Å². The third kappa shape index (κ3) is 8.01. The van der Waals surface area contributed by atoms with E-state index in [1.807, 2.05) is 43.1 Å². The molecule has 1 saturated heterocycles. The predicted molar refractivity (Wildman–Crippen MR) is 108 cm³/mol. The molecule has 144 valence electrons. The Kier molecular flexibility index (Phi) is 12.2. The summed E-state index contributed by atoms with van der Waals surface area (Å²) < 4.78 is 5.72. The molecule has 0 aliphatic carbocycles. The number of ether oxygens (including phenoxy) is 1. The number of nitrogens with zero attached hydrogens (tertiary/aromatic N) is 2. The van der Waals surface area contributed by atoms with Crippen LogP contribution in [-0.4, -0.2) is 68.6 Å². The Morgan fingerprint density at radius 1 is 1.20 bits per heavy atom. The first-order valence-electron chi connectivity index (χ1n) is 8.14. The fourth-order valence-electron chi connectivity index (χ4n) is 2.72. The Morgan fingerprint density at radius 3 is 2.36 bits per heavy atom.